The molecular formula is C5H9N5O2. The second kappa shape index (κ2) is 3.07. The summed E-state index contributed by atoms with van der Waals surface area (Å²) >= 11 is 0. The summed E-state index contributed by atoms with van der Waals surface area (Å²) in [4.78, 5) is 10.7. The number of nitrogens with zero attached hydrogens (tertiary/aromatic N) is 3. The average Bonchev–Trinajstić information content (AvgIpc) is 2.36. The Balaban J connectivity index is 2.76. The SMILES string of the molecule is COC(=O)Cc1nnc(N)n1N. The fraction of sp³-hybridized carbons (Fsp3) is 0.400. The van der Waals surface area contributed by atoms with E-state index < -0.39 is 5.97 Å². The number of ether oxygens (including phenoxy) is 1. The van der Waals surface area contributed by atoms with Crippen LogP contribution in [0.2, 0.25) is 0 Å². The minimum absolute atomic E-state index is 0.0306. The first-order chi connectivity index (χ1) is 5.65. The van der Waals surface area contributed by atoms with Gasteiger partial charge in [-0.05, 0) is 0 Å². The maximum absolute atomic E-state index is 10.7. The van der Waals surface area contributed by atoms with Gasteiger partial charge in [-0.15, -0.1) is 10.2 Å². The van der Waals surface area contributed by atoms with Gasteiger partial charge in [0.15, 0.2) is 5.82 Å². The number of rotatable bonds is 2. The van der Waals surface area contributed by atoms with Gasteiger partial charge in [-0.2, -0.15) is 0 Å². The molecule has 4 N–H and O–H groups in total. The van der Waals surface area contributed by atoms with Crippen LogP contribution in [0.3, 0.4) is 0 Å². The molecule has 0 fully saturated rings. The standard InChI is InChI=1S/C5H9N5O2/c1-12-4(11)2-3-8-9-5(6)10(3)7/h2,7H2,1H3,(H2,6,9). The van der Waals surface area contributed by atoms with Crippen molar-refractivity contribution < 1.29 is 9.53 Å². The number of esters is 1. The Morgan fingerprint density at radius 1 is 1.67 bits per heavy atom. The van der Waals surface area contributed by atoms with E-state index in [-0.39, 0.29) is 18.2 Å². The molecule has 7 heteroatoms. The van der Waals surface area contributed by atoms with Crippen molar-refractivity contribution >= 4 is 11.9 Å². The third-order valence-electron chi connectivity index (χ3n) is 1.32. The monoisotopic (exact) mass is 171 g/mol. The number of nitrogen functional groups attached to an aromatic ring is 2. The lowest BCUT2D eigenvalue weighted by Crippen LogP contribution is -2.18. The van der Waals surface area contributed by atoms with Gasteiger partial charge in [-0.1, -0.05) is 0 Å². The number of carbonyl (C=O) groups excluding carboxylic acids is 1. The Morgan fingerprint density at radius 3 is 2.75 bits per heavy atom. The Bertz CT molecular complexity index is 294. The van der Waals surface area contributed by atoms with E-state index in [9.17, 15) is 4.79 Å². The van der Waals surface area contributed by atoms with Crippen LogP contribution in [0.25, 0.3) is 0 Å². The third kappa shape index (κ3) is 1.44. The van der Waals surface area contributed by atoms with Crippen LogP contribution in [0.5, 0.6) is 0 Å². The van der Waals surface area contributed by atoms with Crippen molar-refractivity contribution in [1.82, 2.24) is 14.9 Å². The first kappa shape index (κ1) is 8.31. The molecule has 1 aromatic rings. The van der Waals surface area contributed by atoms with Gasteiger partial charge in [0.05, 0.1) is 7.11 Å². The summed E-state index contributed by atoms with van der Waals surface area (Å²) < 4.78 is 5.44. The van der Waals surface area contributed by atoms with E-state index in [4.69, 9.17) is 11.6 Å². The summed E-state index contributed by atoms with van der Waals surface area (Å²) in [5.41, 5.74) is 5.27. The van der Waals surface area contributed by atoms with Crippen LogP contribution >= 0.6 is 0 Å². The predicted molar refractivity (Wildman–Crippen MR) is 40.3 cm³/mol. The van der Waals surface area contributed by atoms with Crippen LogP contribution < -0.4 is 11.6 Å². The lowest BCUT2D eigenvalue weighted by molar-refractivity contribution is -0.139. The first-order valence-corrected chi connectivity index (χ1v) is 3.16. The fourth-order valence-electron chi connectivity index (χ4n) is 0.659. The zero-order valence-corrected chi connectivity index (χ0v) is 6.52. The topological polar surface area (TPSA) is 109 Å². The lowest BCUT2D eigenvalue weighted by Gasteiger charge is -1.98. The molecule has 0 aliphatic carbocycles. The molecule has 0 aliphatic rings. The molecule has 7 nitrogen and oxygen atoms in total. The molecule has 1 aromatic heterocycles. The Labute approximate surface area is 68.3 Å². The molecule has 0 aromatic carbocycles. The molecule has 0 bridgehead atoms. The number of methoxy groups -OCH3 is 1. The molecule has 0 amide bonds. The Hall–Kier alpha value is -1.79. The van der Waals surface area contributed by atoms with Crippen molar-refractivity contribution in [3.05, 3.63) is 5.82 Å². The molecule has 1 rings (SSSR count). The normalized spacial score (nSPS) is 9.75. The molecule has 0 atom stereocenters. The Morgan fingerprint density at radius 2 is 2.33 bits per heavy atom. The summed E-state index contributed by atoms with van der Waals surface area (Å²) in [6.45, 7) is 0. The second-order valence-corrected chi connectivity index (χ2v) is 2.10. The van der Waals surface area contributed by atoms with Crippen molar-refractivity contribution in [2.75, 3.05) is 18.7 Å². The van der Waals surface area contributed by atoms with Crippen LogP contribution in [0.4, 0.5) is 5.95 Å². The quantitative estimate of drug-likeness (QED) is 0.405. The number of carbonyl (C=O) groups is 1. The summed E-state index contributed by atoms with van der Waals surface area (Å²) in [6.07, 6.45) is -0.0306. The molecule has 0 aliphatic heterocycles. The maximum Gasteiger partial charge on any atom is 0.313 e. The van der Waals surface area contributed by atoms with Gasteiger partial charge in [-0.25, -0.2) is 4.68 Å². The van der Waals surface area contributed by atoms with Crippen LogP contribution in [-0.2, 0) is 16.0 Å². The molecule has 0 spiro atoms. The van der Waals surface area contributed by atoms with Crippen molar-refractivity contribution in [3.63, 3.8) is 0 Å². The van der Waals surface area contributed by atoms with Crippen LogP contribution in [-0.4, -0.2) is 28.0 Å². The van der Waals surface area contributed by atoms with E-state index in [0.29, 0.717) is 0 Å². The highest BCUT2D eigenvalue weighted by molar-refractivity contribution is 5.71. The van der Waals surface area contributed by atoms with E-state index in [2.05, 4.69) is 14.9 Å². The van der Waals surface area contributed by atoms with Crippen molar-refractivity contribution in [3.8, 4) is 0 Å². The van der Waals surface area contributed by atoms with Crippen LogP contribution in [0, 0.1) is 0 Å². The van der Waals surface area contributed by atoms with Crippen molar-refractivity contribution in [2.24, 2.45) is 0 Å². The van der Waals surface area contributed by atoms with Crippen LogP contribution in [0.15, 0.2) is 0 Å². The summed E-state index contributed by atoms with van der Waals surface area (Å²) in [5, 5.41) is 7.03. The molecule has 0 radical (unpaired) electrons. The summed E-state index contributed by atoms with van der Waals surface area (Å²) in [7, 11) is 1.28. The van der Waals surface area contributed by atoms with Gasteiger partial charge >= 0.3 is 5.97 Å². The molecule has 66 valence electrons. The lowest BCUT2D eigenvalue weighted by atomic mass is 10.4. The molecule has 1 heterocycles. The first-order valence-electron chi connectivity index (χ1n) is 3.16. The van der Waals surface area contributed by atoms with Crippen molar-refractivity contribution in [1.29, 1.82) is 0 Å². The minimum Gasteiger partial charge on any atom is -0.469 e. The predicted octanol–water partition coefficient (Wildman–Crippen LogP) is -1.71. The molecule has 12 heavy (non-hydrogen) atoms. The fourth-order valence-corrected chi connectivity index (χ4v) is 0.659. The Kier molecular flexibility index (Phi) is 2.13. The zero-order chi connectivity index (χ0) is 9.14. The van der Waals surface area contributed by atoms with Gasteiger partial charge in [0.25, 0.3) is 0 Å². The largest absolute Gasteiger partial charge is 0.469 e. The summed E-state index contributed by atoms with van der Waals surface area (Å²) in [6, 6.07) is 0. The van der Waals surface area contributed by atoms with Gasteiger partial charge in [0.1, 0.15) is 6.42 Å². The number of anilines is 1. The molecule has 0 unspecified atom stereocenters. The second-order valence-electron chi connectivity index (χ2n) is 2.10. The van der Waals surface area contributed by atoms with E-state index in [1.165, 1.54) is 7.11 Å². The number of aromatic nitrogens is 3. The van der Waals surface area contributed by atoms with E-state index in [1.807, 2.05) is 0 Å². The van der Waals surface area contributed by atoms with Crippen molar-refractivity contribution in [2.45, 2.75) is 6.42 Å². The van der Waals surface area contributed by atoms with Crippen LogP contribution in [0.1, 0.15) is 5.82 Å². The highest BCUT2D eigenvalue weighted by Gasteiger charge is 2.10. The third-order valence-corrected chi connectivity index (χ3v) is 1.32. The van der Waals surface area contributed by atoms with E-state index >= 15 is 0 Å². The zero-order valence-electron chi connectivity index (χ0n) is 6.52. The molecule has 0 saturated carbocycles. The van der Waals surface area contributed by atoms with E-state index in [0.717, 1.165) is 4.68 Å². The van der Waals surface area contributed by atoms with Gasteiger partial charge in [0, 0.05) is 0 Å². The smallest absolute Gasteiger partial charge is 0.313 e. The molecular weight excluding hydrogens is 162 g/mol. The highest BCUT2D eigenvalue weighted by atomic mass is 16.5. The van der Waals surface area contributed by atoms with E-state index in [1.54, 1.807) is 0 Å². The van der Waals surface area contributed by atoms with Gasteiger partial charge in [-0.3, -0.25) is 4.79 Å². The summed E-state index contributed by atoms with van der Waals surface area (Å²) in [5.74, 6) is 5.27. The van der Waals surface area contributed by atoms with Gasteiger partial charge in [0.2, 0.25) is 5.95 Å². The number of nitrogens with two attached hydrogens (primary N) is 2. The highest BCUT2D eigenvalue weighted by Crippen LogP contribution is 1.98. The molecule has 0 saturated heterocycles. The van der Waals surface area contributed by atoms with Gasteiger partial charge < -0.3 is 16.3 Å². The average molecular weight is 171 g/mol. The number of hydrogen-bond donors (Lipinski definition) is 2. The number of hydrogen-bond acceptors (Lipinski definition) is 6. The maximum atomic E-state index is 10.7. The minimum atomic E-state index is -0.436.